The summed E-state index contributed by atoms with van der Waals surface area (Å²) >= 11 is 0. The van der Waals surface area contributed by atoms with E-state index >= 15 is 0 Å². The fourth-order valence-electron chi connectivity index (χ4n) is 1.52. The zero-order valence-electron chi connectivity index (χ0n) is 7.03. The van der Waals surface area contributed by atoms with Crippen LogP contribution in [0.3, 0.4) is 0 Å². The van der Waals surface area contributed by atoms with Gasteiger partial charge in [-0.25, -0.2) is 0 Å². The Kier molecular flexibility index (Phi) is 3.81. The largest absolute Gasteiger partial charge is 0.320 e. The Hall–Kier alpha value is -0.0400. The molecule has 0 aromatic heterocycles. The molecular formula is C9H19N. The van der Waals surface area contributed by atoms with Gasteiger partial charge in [-0.15, -0.1) is 0 Å². The van der Waals surface area contributed by atoms with Crippen LogP contribution in [-0.4, -0.2) is 13.6 Å². The van der Waals surface area contributed by atoms with Gasteiger partial charge in [0.05, 0.1) is 0 Å². The van der Waals surface area contributed by atoms with Crippen LogP contribution in [0.15, 0.2) is 0 Å². The average Bonchev–Trinajstić information content (AvgIpc) is 1.84. The third-order valence-electron chi connectivity index (χ3n) is 2.51. The van der Waals surface area contributed by atoms with Crippen LogP contribution in [0.25, 0.3) is 0 Å². The molecule has 1 aliphatic rings. The highest BCUT2D eigenvalue weighted by Crippen LogP contribution is 2.30. The molecule has 1 aliphatic carbocycles. The minimum absolute atomic E-state index is 1.11. The Morgan fingerprint density at radius 1 is 1.30 bits per heavy atom. The van der Waals surface area contributed by atoms with Gasteiger partial charge in [0.2, 0.25) is 0 Å². The van der Waals surface area contributed by atoms with Gasteiger partial charge >= 0.3 is 0 Å². The molecule has 0 unspecified atom stereocenters. The number of unbranched alkanes of at least 4 members (excludes halogenated alkanes) is 1. The highest BCUT2D eigenvalue weighted by molar-refractivity contribution is 4.69. The summed E-state index contributed by atoms with van der Waals surface area (Å²) in [5, 5.41) is 3.18. The van der Waals surface area contributed by atoms with Crippen LogP contribution in [0.5, 0.6) is 0 Å². The van der Waals surface area contributed by atoms with E-state index in [4.69, 9.17) is 0 Å². The molecule has 60 valence electrons. The molecule has 10 heavy (non-hydrogen) atoms. The van der Waals surface area contributed by atoms with E-state index in [9.17, 15) is 0 Å². The van der Waals surface area contributed by atoms with Crippen molar-refractivity contribution in [3.63, 3.8) is 0 Å². The first-order valence-electron chi connectivity index (χ1n) is 4.58. The topological polar surface area (TPSA) is 12.0 Å². The fraction of sp³-hybridized carbons (Fsp3) is 1.00. The second-order valence-electron chi connectivity index (χ2n) is 3.40. The third-order valence-corrected chi connectivity index (χ3v) is 2.51. The number of nitrogens with one attached hydrogen (secondary N) is 1. The highest BCUT2D eigenvalue weighted by atomic mass is 14.8. The van der Waals surface area contributed by atoms with Crippen LogP contribution in [-0.2, 0) is 0 Å². The molecule has 0 amide bonds. The number of rotatable bonds is 5. The van der Waals surface area contributed by atoms with E-state index < -0.39 is 0 Å². The Morgan fingerprint density at radius 3 is 2.60 bits per heavy atom. The van der Waals surface area contributed by atoms with Crippen molar-refractivity contribution in [1.29, 1.82) is 0 Å². The van der Waals surface area contributed by atoms with Gasteiger partial charge in [0, 0.05) is 0 Å². The lowest BCUT2D eigenvalue weighted by atomic mass is 9.82. The minimum atomic E-state index is 1.11. The van der Waals surface area contributed by atoms with Crippen molar-refractivity contribution in [3.05, 3.63) is 0 Å². The molecule has 0 atom stereocenters. The summed E-state index contributed by atoms with van der Waals surface area (Å²) < 4.78 is 0. The maximum atomic E-state index is 3.18. The van der Waals surface area contributed by atoms with E-state index in [-0.39, 0.29) is 0 Å². The zero-order chi connectivity index (χ0) is 7.23. The summed E-state index contributed by atoms with van der Waals surface area (Å²) in [4.78, 5) is 0. The zero-order valence-corrected chi connectivity index (χ0v) is 7.03. The van der Waals surface area contributed by atoms with Crippen LogP contribution in [0.2, 0.25) is 0 Å². The summed E-state index contributed by atoms with van der Waals surface area (Å²) in [6.45, 7) is 1.20. The van der Waals surface area contributed by atoms with Crippen LogP contribution < -0.4 is 5.32 Å². The van der Waals surface area contributed by atoms with E-state index in [1.807, 2.05) is 7.05 Å². The molecule has 0 saturated heterocycles. The van der Waals surface area contributed by atoms with Crippen molar-refractivity contribution in [2.24, 2.45) is 5.92 Å². The summed E-state index contributed by atoms with van der Waals surface area (Å²) in [6.07, 6.45) is 8.82. The first kappa shape index (κ1) is 8.06. The van der Waals surface area contributed by atoms with Crippen LogP contribution in [0.4, 0.5) is 0 Å². The third kappa shape index (κ3) is 2.70. The maximum absolute atomic E-state index is 3.18. The normalized spacial score (nSPS) is 18.9. The molecule has 1 fully saturated rings. The lowest BCUT2D eigenvalue weighted by Gasteiger charge is -2.24. The fourth-order valence-corrected chi connectivity index (χ4v) is 1.52. The van der Waals surface area contributed by atoms with Crippen molar-refractivity contribution in [1.82, 2.24) is 5.32 Å². The molecule has 0 aliphatic heterocycles. The molecule has 1 N–H and O–H groups in total. The smallest absolute Gasteiger partial charge is 0.00519 e. The molecule has 0 aromatic carbocycles. The Labute approximate surface area is 64.2 Å². The Bertz CT molecular complexity index is 76.8. The summed E-state index contributed by atoms with van der Waals surface area (Å²) in [6, 6.07) is 0. The molecular weight excluding hydrogens is 122 g/mol. The first-order valence-corrected chi connectivity index (χ1v) is 4.58. The molecule has 0 radical (unpaired) electrons. The van der Waals surface area contributed by atoms with Crippen LogP contribution in [0.1, 0.15) is 38.5 Å². The first-order chi connectivity index (χ1) is 4.93. The van der Waals surface area contributed by atoms with Crippen molar-refractivity contribution in [3.8, 4) is 0 Å². The van der Waals surface area contributed by atoms with Crippen molar-refractivity contribution in [2.75, 3.05) is 13.6 Å². The molecule has 1 saturated carbocycles. The Morgan fingerprint density at radius 2 is 2.10 bits per heavy atom. The van der Waals surface area contributed by atoms with Gasteiger partial charge in [-0.3, -0.25) is 0 Å². The molecule has 0 spiro atoms. The van der Waals surface area contributed by atoms with E-state index in [0.29, 0.717) is 0 Å². The van der Waals surface area contributed by atoms with Gasteiger partial charge in [-0.2, -0.15) is 0 Å². The summed E-state index contributed by atoms with van der Waals surface area (Å²) in [7, 11) is 2.03. The number of hydrogen-bond donors (Lipinski definition) is 1. The van der Waals surface area contributed by atoms with Gasteiger partial charge in [0.1, 0.15) is 0 Å². The minimum Gasteiger partial charge on any atom is -0.320 e. The van der Waals surface area contributed by atoms with E-state index in [2.05, 4.69) is 5.32 Å². The second kappa shape index (κ2) is 4.73. The van der Waals surface area contributed by atoms with Crippen molar-refractivity contribution < 1.29 is 0 Å². The molecule has 0 aromatic rings. The molecule has 1 nitrogen and oxygen atoms in total. The predicted octanol–water partition coefficient (Wildman–Crippen LogP) is 2.18. The standard InChI is InChI=1S/C9H19N/c1-10-8-3-2-5-9-6-4-7-9/h9-10H,2-8H2,1H3. The van der Waals surface area contributed by atoms with Crippen LogP contribution in [0, 0.1) is 5.92 Å². The number of hydrogen-bond acceptors (Lipinski definition) is 1. The Balaban J connectivity index is 1.76. The maximum Gasteiger partial charge on any atom is -0.00519 e. The van der Waals surface area contributed by atoms with E-state index in [1.165, 1.54) is 45.1 Å². The van der Waals surface area contributed by atoms with Gasteiger partial charge in [-0.05, 0) is 25.9 Å². The van der Waals surface area contributed by atoms with E-state index in [1.54, 1.807) is 0 Å². The lowest BCUT2D eigenvalue weighted by molar-refractivity contribution is 0.287. The van der Waals surface area contributed by atoms with Crippen molar-refractivity contribution in [2.45, 2.75) is 38.5 Å². The second-order valence-corrected chi connectivity index (χ2v) is 3.40. The molecule has 0 heterocycles. The lowest BCUT2D eigenvalue weighted by Crippen LogP contribution is -2.12. The van der Waals surface area contributed by atoms with Crippen molar-refractivity contribution >= 4 is 0 Å². The monoisotopic (exact) mass is 141 g/mol. The van der Waals surface area contributed by atoms with Gasteiger partial charge in [0.15, 0.2) is 0 Å². The van der Waals surface area contributed by atoms with Crippen LogP contribution >= 0.6 is 0 Å². The SMILES string of the molecule is CNCCCCC1CCC1. The molecule has 0 bridgehead atoms. The summed E-state index contributed by atoms with van der Waals surface area (Å²) in [5.74, 6) is 1.11. The quantitative estimate of drug-likeness (QED) is 0.579. The molecule has 1 rings (SSSR count). The van der Waals surface area contributed by atoms with E-state index in [0.717, 1.165) is 5.92 Å². The summed E-state index contributed by atoms with van der Waals surface area (Å²) in [5.41, 5.74) is 0. The van der Waals surface area contributed by atoms with Gasteiger partial charge < -0.3 is 5.32 Å². The highest BCUT2D eigenvalue weighted by Gasteiger charge is 2.15. The predicted molar refractivity (Wildman–Crippen MR) is 45.1 cm³/mol. The molecule has 1 heteroatoms. The van der Waals surface area contributed by atoms with Gasteiger partial charge in [-0.1, -0.05) is 32.1 Å². The van der Waals surface area contributed by atoms with Gasteiger partial charge in [0.25, 0.3) is 0 Å². The average molecular weight is 141 g/mol.